The molecule has 2 aromatic rings. The summed E-state index contributed by atoms with van der Waals surface area (Å²) >= 11 is 5.10. The topological polar surface area (TPSA) is 79.5 Å². The van der Waals surface area contributed by atoms with Crippen LogP contribution >= 0.6 is 12.2 Å². The second kappa shape index (κ2) is 8.79. The molecule has 2 rings (SSSR count). The molecular weight excluding hydrogens is 338 g/mol. The van der Waals surface area contributed by atoms with Gasteiger partial charge in [-0.1, -0.05) is 18.2 Å². The average molecular weight is 357 g/mol. The van der Waals surface area contributed by atoms with Gasteiger partial charge in [0.15, 0.2) is 11.7 Å². The van der Waals surface area contributed by atoms with E-state index in [1.165, 1.54) is 6.92 Å². The summed E-state index contributed by atoms with van der Waals surface area (Å²) in [6.45, 7) is 3.22. The van der Waals surface area contributed by atoms with E-state index in [0.29, 0.717) is 17.1 Å². The van der Waals surface area contributed by atoms with Crippen molar-refractivity contribution in [1.82, 2.24) is 5.32 Å². The summed E-state index contributed by atoms with van der Waals surface area (Å²) < 4.78 is 5.46. The van der Waals surface area contributed by atoms with Crippen LogP contribution in [0.2, 0.25) is 0 Å². The first kappa shape index (κ1) is 18.4. The molecule has 2 aromatic carbocycles. The van der Waals surface area contributed by atoms with Crippen LogP contribution in [0.1, 0.15) is 12.5 Å². The Morgan fingerprint density at radius 3 is 2.20 bits per heavy atom. The molecule has 0 aromatic heterocycles. The lowest BCUT2D eigenvalue weighted by atomic mass is 10.2. The van der Waals surface area contributed by atoms with Gasteiger partial charge in [-0.25, -0.2) is 0 Å². The zero-order valence-corrected chi connectivity index (χ0v) is 14.8. The third kappa shape index (κ3) is 6.23. The summed E-state index contributed by atoms with van der Waals surface area (Å²) in [5, 5.41) is 8.29. The first-order valence-electron chi connectivity index (χ1n) is 7.61. The molecule has 25 heavy (non-hydrogen) atoms. The number of nitrogens with one attached hydrogen (secondary N) is 3. The van der Waals surface area contributed by atoms with Gasteiger partial charge in [0.25, 0.3) is 5.91 Å². The predicted octanol–water partition coefficient (Wildman–Crippen LogP) is 2.85. The van der Waals surface area contributed by atoms with Crippen molar-refractivity contribution < 1.29 is 14.3 Å². The molecule has 130 valence electrons. The third-order valence-corrected chi connectivity index (χ3v) is 3.37. The number of anilines is 2. The monoisotopic (exact) mass is 357 g/mol. The molecule has 3 N–H and O–H groups in total. The fraction of sp³-hybridized carbons (Fsp3) is 0.167. The number of carbonyl (C=O) groups excluding carboxylic acids is 2. The number of aryl methyl sites for hydroxylation is 1. The molecule has 0 heterocycles. The molecule has 0 unspecified atom stereocenters. The van der Waals surface area contributed by atoms with Crippen molar-refractivity contribution in [3.05, 3.63) is 54.1 Å². The van der Waals surface area contributed by atoms with E-state index in [0.717, 1.165) is 5.56 Å². The maximum Gasteiger partial charge on any atom is 0.264 e. The second-order valence-corrected chi connectivity index (χ2v) is 5.72. The molecule has 0 fully saturated rings. The van der Waals surface area contributed by atoms with Crippen LogP contribution in [0.25, 0.3) is 0 Å². The molecule has 0 aliphatic rings. The highest BCUT2D eigenvalue weighted by Gasteiger charge is 2.07. The first-order valence-corrected chi connectivity index (χ1v) is 8.02. The third-order valence-electron chi connectivity index (χ3n) is 3.17. The summed E-state index contributed by atoms with van der Waals surface area (Å²) in [6, 6.07) is 14.4. The first-order chi connectivity index (χ1) is 11.9. The Kier molecular flexibility index (Phi) is 6.47. The Balaban J connectivity index is 1.80. The molecule has 7 heteroatoms. The Labute approximate surface area is 151 Å². The number of rotatable bonds is 5. The van der Waals surface area contributed by atoms with E-state index in [2.05, 4.69) is 16.0 Å². The van der Waals surface area contributed by atoms with Gasteiger partial charge >= 0.3 is 0 Å². The molecule has 0 aliphatic carbocycles. The van der Waals surface area contributed by atoms with Crippen LogP contribution in [0.3, 0.4) is 0 Å². The molecular formula is C18H19N3O3S. The lowest BCUT2D eigenvalue weighted by molar-refractivity contribution is -0.121. The van der Waals surface area contributed by atoms with Gasteiger partial charge in [0, 0.05) is 18.3 Å². The average Bonchev–Trinajstić information content (AvgIpc) is 2.55. The number of para-hydroxylation sites is 1. The highest BCUT2D eigenvalue weighted by Crippen LogP contribution is 2.16. The van der Waals surface area contributed by atoms with E-state index >= 15 is 0 Å². The largest absolute Gasteiger partial charge is 0.483 e. The van der Waals surface area contributed by atoms with Crippen molar-refractivity contribution in [3.8, 4) is 5.75 Å². The smallest absolute Gasteiger partial charge is 0.264 e. The van der Waals surface area contributed by atoms with Crippen molar-refractivity contribution >= 4 is 40.5 Å². The van der Waals surface area contributed by atoms with Crippen LogP contribution in [0.5, 0.6) is 5.75 Å². The SMILES string of the molecule is CC(=O)Nc1ccc(NC(=S)NC(=O)COc2ccccc2C)cc1. The number of hydrogen-bond acceptors (Lipinski definition) is 4. The van der Waals surface area contributed by atoms with E-state index in [9.17, 15) is 9.59 Å². The van der Waals surface area contributed by atoms with Gasteiger partial charge in [0.05, 0.1) is 0 Å². The van der Waals surface area contributed by atoms with E-state index < -0.39 is 0 Å². The molecule has 0 atom stereocenters. The Morgan fingerprint density at radius 2 is 1.60 bits per heavy atom. The molecule has 0 saturated heterocycles. The zero-order chi connectivity index (χ0) is 18.2. The van der Waals surface area contributed by atoms with Crippen LogP contribution in [0, 0.1) is 6.92 Å². The second-order valence-electron chi connectivity index (χ2n) is 5.32. The fourth-order valence-electron chi connectivity index (χ4n) is 2.03. The quantitative estimate of drug-likeness (QED) is 0.717. The van der Waals surface area contributed by atoms with Crippen LogP contribution in [-0.2, 0) is 9.59 Å². The van der Waals surface area contributed by atoms with Crippen LogP contribution in [0.4, 0.5) is 11.4 Å². The van der Waals surface area contributed by atoms with Crippen molar-refractivity contribution in [2.45, 2.75) is 13.8 Å². The number of thiocarbonyl (C=S) groups is 1. The van der Waals surface area contributed by atoms with E-state index in [-0.39, 0.29) is 23.5 Å². The summed E-state index contributed by atoms with van der Waals surface area (Å²) in [6.07, 6.45) is 0. The minimum Gasteiger partial charge on any atom is -0.483 e. The summed E-state index contributed by atoms with van der Waals surface area (Å²) in [5.41, 5.74) is 2.33. The fourth-order valence-corrected chi connectivity index (χ4v) is 2.26. The normalized spacial score (nSPS) is 9.84. The Morgan fingerprint density at radius 1 is 1.00 bits per heavy atom. The van der Waals surface area contributed by atoms with Crippen LogP contribution in [-0.4, -0.2) is 23.5 Å². The van der Waals surface area contributed by atoms with Gasteiger partial charge in [-0.05, 0) is 55.0 Å². The van der Waals surface area contributed by atoms with Gasteiger partial charge in [-0.15, -0.1) is 0 Å². The van der Waals surface area contributed by atoms with Gasteiger partial charge in [-0.3, -0.25) is 14.9 Å². The summed E-state index contributed by atoms with van der Waals surface area (Å²) in [5.74, 6) is 0.165. The highest BCUT2D eigenvalue weighted by molar-refractivity contribution is 7.80. The summed E-state index contributed by atoms with van der Waals surface area (Å²) in [4.78, 5) is 22.9. The molecule has 0 spiro atoms. The molecule has 0 radical (unpaired) electrons. The van der Waals surface area contributed by atoms with E-state index in [1.54, 1.807) is 30.3 Å². The number of benzene rings is 2. The van der Waals surface area contributed by atoms with Gasteiger partial charge in [0.1, 0.15) is 5.75 Å². The predicted molar refractivity (Wildman–Crippen MR) is 102 cm³/mol. The Hall–Kier alpha value is -2.93. The number of amides is 2. The van der Waals surface area contributed by atoms with Gasteiger partial charge < -0.3 is 15.4 Å². The molecule has 0 saturated carbocycles. The number of ether oxygens (including phenoxy) is 1. The number of carbonyl (C=O) groups is 2. The van der Waals surface area contributed by atoms with E-state index in [1.807, 2.05) is 25.1 Å². The zero-order valence-electron chi connectivity index (χ0n) is 14.0. The maximum atomic E-state index is 11.9. The van der Waals surface area contributed by atoms with Gasteiger partial charge in [-0.2, -0.15) is 0 Å². The molecule has 0 bridgehead atoms. The van der Waals surface area contributed by atoms with Crippen molar-refractivity contribution in [3.63, 3.8) is 0 Å². The standard InChI is InChI=1S/C18H19N3O3S/c1-12-5-3-4-6-16(12)24-11-17(23)21-18(25)20-15-9-7-14(8-10-15)19-13(2)22/h3-10H,11H2,1-2H3,(H,19,22)(H2,20,21,23,25). The maximum absolute atomic E-state index is 11.9. The molecule has 0 aliphatic heterocycles. The minimum atomic E-state index is -0.351. The van der Waals surface area contributed by atoms with Crippen molar-refractivity contribution in [1.29, 1.82) is 0 Å². The lowest BCUT2D eigenvalue weighted by Gasteiger charge is -2.12. The van der Waals surface area contributed by atoms with Crippen LogP contribution < -0.4 is 20.7 Å². The highest BCUT2D eigenvalue weighted by atomic mass is 32.1. The molecule has 2 amide bonds. The number of hydrogen-bond donors (Lipinski definition) is 3. The van der Waals surface area contributed by atoms with Crippen molar-refractivity contribution in [2.24, 2.45) is 0 Å². The van der Waals surface area contributed by atoms with E-state index in [4.69, 9.17) is 17.0 Å². The van der Waals surface area contributed by atoms with Crippen molar-refractivity contribution in [2.75, 3.05) is 17.2 Å². The molecule has 6 nitrogen and oxygen atoms in total. The lowest BCUT2D eigenvalue weighted by Crippen LogP contribution is -2.37. The van der Waals surface area contributed by atoms with Crippen LogP contribution in [0.15, 0.2) is 48.5 Å². The van der Waals surface area contributed by atoms with Gasteiger partial charge in [0.2, 0.25) is 5.91 Å². The Bertz CT molecular complexity index is 775. The summed E-state index contributed by atoms with van der Waals surface area (Å²) in [7, 11) is 0. The minimum absolute atomic E-state index is 0.131.